The number of nitrogen functional groups attached to an aromatic ring is 1. The van der Waals surface area contributed by atoms with Gasteiger partial charge in [-0.2, -0.15) is 0 Å². The fourth-order valence-corrected chi connectivity index (χ4v) is 2.52. The number of hydrogen-bond acceptors (Lipinski definition) is 3. The number of nitrogens with two attached hydrogens (primary N) is 1. The van der Waals surface area contributed by atoms with E-state index in [-0.39, 0.29) is 11.7 Å². The van der Waals surface area contributed by atoms with Crippen LogP contribution in [-0.2, 0) is 0 Å². The summed E-state index contributed by atoms with van der Waals surface area (Å²) in [7, 11) is 1.55. The van der Waals surface area contributed by atoms with Crippen LogP contribution in [0.5, 0.6) is 0 Å². The molecular weight excluding hydrogens is 307 g/mol. The third-order valence-electron chi connectivity index (χ3n) is 3.72. The molecule has 0 spiro atoms. The molecule has 0 aliphatic carbocycles. The standard InChI is InChI=1S/C17H15FN2O2.C2H6/c1-9-12(19)7-8-13-14(9)15(17(21)20-2)16(22-13)10-3-5-11(18)6-4-10;1-2/h3-8H,19H2,1-2H3,(H,20,21);1-2H3. The number of anilines is 1. The second kappa shape index (κ2) is 7.17. The summed E-state index contributed by atoms with van der Waals surface area (Å²) < 4.78 is 19.0. The quantitative estimate of drug-likeness (QED) is 0.680. The molecule has 0 saturated carbocycles. The number of rotatable bonds is 2. The van der Waals surface area contributed by atoms with Gasteiger partial charge in [0.05, 0.1) is 5.56 Å². The maximum Gasteiger partial charge on any atom is 0.255 e. The van der Waals surface area contributed by atoms with Crippen molar-refractivity contribution in [3.8, 4) is 11.3 Å². The van der Waals surface area contributed by atoms with E-state index in [1.54, 1.807) is 31.3 Å². The Morgan fingerprint density at radius 3 is 2.33 bits per heavy atom. The highest BCUT2D eigenvalue weighted by molar-refractivity contribution is 6.12. The van der Waals surface area contributed by atoms with Crippen LogP contribution in [0.15, 0.2) is 40.8 Å². The fourth-order valence-electron chi connectivity index (χ4n) is 2.52. The van der Waals surface area contributed by atoms with Crippen LogP contribution < -0.4 is 11.1 Å². The number of furan rings is 1. The number of carbonyl (C=O) groups excluding carboxylic acids is 1. The predicted molar refractivity (Wildman–Crippen MR) is 95.5 cm³/mol. The smallest absolute Gasteiger partial charge is 0.255 e. The summed E-state index contributed by atoms with van der Waals surface area (Å²) in [6.07, 6.45) is 0. The highest BCUT2D eigenvalue weighted by Crippen LogP contribution is 2.37. The van der Waals surface area contributed by atoms with Crippen LogP contribution in [0.4, 0.5) is 10.1 Å². The minimum atomic E-state index is -0.346. The Morgan fingerprint density at radius 1 is 1.12 bits per heavy atom. The van der Waals surface area contributed by atoms with Crippen LogP contribution in [0.2, 0.25) is 0 Å². The number of amides is 1. The average molecular weight is 328 g/mol. The van der Waals surface area contributed by atoms with Crippen molar-refractivity contribution < 1.29 is 13.6 Å². The lowest BCUT2D eigenvalue weighted by atomic mass is 10.0. The lowest BCUT2D eigenvalue weighted by molar-refractivity contribution is 0.0964. The van der Waals surface area contributed by atoms with Crippen molar-refractivity contribution in [2.75, 3.05) is 12.8 Å². The minimum absolute atomic E-state index is 0.272. The van der Waals surface area contributed by atoms with Gasteiger partial charge in [-0.25, -0.2) is 4.39 Å². The first kappa shape index (κ1) is 17.5. The molecule has 0 saturated heterocycles. The van der Waals surface area contributed by atoms with E-state index in [0.29, 0.717) is 33.5 Å². The van der Waals surface area contributed by atoms with Gasteiger partial charge in [-0.3, -0.25) is 4.79 Å². The Kier molecular flexibility index (Phi) is 5.24. The van der Waals surface area contributed by atoms with E-state index in [0.717, 1.165) is 5.56 Å². The summed E-state index contributed by atoms with van der Waals surface area (Å²) in [6, 6.07) is 9.30. The maximum absolute atomic E-state index is 13.1. The second-order valence-corrected chi connectivity index (χ2v) is 5.05. The van der Waals surface area contributed by atoms with E-state index in [1.807, 2.05) is 20.8 Å². The topological polar surface area (TPSA) is 68.3 Å². The van der Waals surface area contributed by atoms with Gasteiger partial charge in [-0.15, -0.1) is 0 Å². The largest absolute Gasteiger partial charge is 0.455 e. The first-order valence-corrected chi connectivity index (χ1v) is 7.82. The van der Waals surface area contributed by atoms with Crippen molar-refractivity contribution in [2.45, 2.75) is 20.8 Å². The SMILES string of the molecule is CC.CNC(=O)c1c(-c2ccc(F)cc2)oc2ccc(N)c(C)c12. The third-order valence-corrected chi connectivity index (χ3v) is 3.72. The molecule has 0 radical (unpaired) electrons. The van der Waals surface area contributed by atoms with Gasteiger partial charge in [0.1, 0.15) is 17.2 Å². The maximum atomic E-state index is 13.1. The first-order valence-electron chi connectivity index (χ1n) is 7.82. The molecule has 4 nitrogen and oxygen atoms in total. The van der Waals surface area contributed by atoms with Crippen molar-refractivity contribution in [2.24, 2.45) is 0 Å². The van der Waals surface area contributed by atoms with Crippen LogP contribution in [0.25, 0.3) is 22.3 Å². The summed E-state index contributed by atoms with van der Waals surface area (Å²) in [5, 5.41) is 3.29. The van der Waals surface area contributed by atoms with Crippen molar-refractivity contribution in [1.29, 1.82) is 0 Å². The number of hydrogen-bond donors (Lipinski definition) is 2. The zero-order valence-electron chi connectivity index (χ0n) is 14.2. The van der Waals surface area contributed by atoms with E-state index in [9.17, 15) is 9.18 Å². The molecule has 2 aromatic carbocycles. The van der Waals surface area contributed by atoms with E-state index >= 15 is 0 Å². The Morgan fingerprint density at radius 2 is 1.75 bits per heavy atom. The Hall–Kier alpha value is -2.82. The molecule has 0 aliphatic heterocycles. The van der Waals surface area contributed by atoms with Crippen molar-refractivity contribution in [3.05, 3.63) is 53.3 Å². The summed E-state index contributed by atoms with van der Waals surface area (Å²) in [5.41, 5.74) is 8.93. The monoisotopic (exact) mass is 328 g/mol. The first-order chi connectivity index (χ1) is 11.5. The number of carbonyl (C=O) groups is 1. The second-order valence-electron chi connectivity index (χ2n) is 5.05. The van der Waals surface area contributed by atoms with E-state index in [2.05, 4.69) is 5.32 Å². The van der Waals surface area contributed by atoms with Crippen molar-refractivity contribution >= 4 is 22.6 Å². The normalized spacial score (nSPS) is 10.2. The molecule has 1 aromatic heterocycles. The fraction of sp³-hybridized carbons (Fsp3) is 0.211. The average Bonchev–Trinajstić information content (AvgIpc) is 3.00. The molecule has 126 valence electrons. The summed E-state index contributed by atoms with van der Waals surface area (Å²) in [4.78, 5) is 12.3. The molecule has 24 heavy (non-hydrogen) atoms. The molecule has 0 bridgehead atoms. The van der Waals surface area contributed by atoms with Gasteiger partial charge >= 0.3 is 0 Å². The highest BCUT2D eigenvalue weighted by Gasteiger charge is 2.23. The molecule has 3 aromatic rings. The van der Waals surface area contributed by atoms with Crippen molar-refractivity contribution in [3.63, 3.8) is 0 Å². The van der Waals surface area contributed by atoms with E-state index in [1.165, 1.54) is 12.1 Å². The van der Waals surface area contributed by atoms with Crippen LogP contribution >= 0.6 is 0 Å². The third kappa shape index (κ3) is 2.97. The van der Waals surface area contributed by atoms with Gasteiger partial charge in [0, 0.05) is 23.7 Å². The Balaban J connectivity index is 0.00000100. The van der Waals surface area contributed by atoms with Crippen LogP contribution in [0.3, 0.4) is 0 Å². The molecule has 1 heterocycles. The van der Waals surface area contributed by atoms with Gasteiger partial charge < -0.3 is 15.5 Å². The number of aryl methyl sites for hydroxylation is 1. The lowest BCUT2D eigenvalue weighted by Crippen LogP contribution is -2.18. The molecular formula is C19H21FN2O2. The molecule has 0 atom stereocenters. The molecule has 3 N–H and O–H groups in total. The number of fused-ring (bicyclic) bond motifs is 1. The summed E-state index contributed by atoms with van der Waals surface area (Å²) >= 11 is 0. The van der Waals surface area contributed by atoms with Gasteiger partial charge in [-0.1, -0.05) is 13.8 Å². The van der Waals surface area contributed by atoms with Crippen LogP contribution in [-0.4, -0.2) is 13.0 Å². The van der Waals surface area contributed by atoms with Crippen LogP contribution in [0, 0.1) is 12.7 Å². The molecule has 0 unspecified atom stereocenters. The lowest BCUT2D eigenvalue weighted by Gasteiger charge is -2.04. The highest BCUT2D eigenvalue weighted by atomic mass is 19.1. The molecule has 0 aliphatic rings. The molecule has 0 fully saturated rings. The minimum Gasteiger partial charge on any atom is -0.455 e. The van der Waals surface area contributed by atoms with Crippen molar-refractivity contribution in [1.82, 2.24) is 5.32 Å². The number of nitrogens with one attached hydrogen (secondary N) is 1. The summed E-state index contributed by atoms with van der Waals surface area (Å²) in [6.45, 7) is 5.84. The van der Waals surface area contributed by atoms with Gasteiger partial charge in [0.15, 0.2) is 0 Å². The molecule has 5 heteroatoms. The Bertz CT molecular complexity index is 867. The number of benzene rings is 2. The van der Waals surface area contributed by atoms with E-state index in [4.69, 9.17) is 10.2 Å². The van der Waals surface area contributed by atoms with Gasteiger partial charge in [0.25, 0.3) is 5.91 Å². The predicted octanol–water partition coefficient (Wildman–Crippen LogP) is 4.52. The van der Waals surface area contributed by atoms with Gasteiger partial charge in [-0.05, 0) is 48.9 Å². The Labute approximate surface area is 140 Å². The zero-order valence-corrected chi connectivity index (χ0v) is 14.2. The molecule has 3 rings (SSSR count). The summed E-state index contributed by atoms with van der Waals surface area (Å²) in [5.74, 6) is -0.211. The zero-order chi connectivity index (χ0) is 17.9. The number of halogens is 1. The van der Waals surface area contributed by atoms with Gasteiger partial charge in [0.2, 0.25) is 0 Å². The van der Waals surface area contributed by atoms with Crippen LogP contribution in [0.1, 0.15) is 29.8 Å². The van der Waals surface area contributed by atoms with E-state index < -0.39 is 0 Å². The molecule has 1 amide bonds.